The first-order valence-electron chi connectivity index (χ1n) is 6.82. The molecule has 1 heterocycles. The highest BCUT2D eigenvalue weighted by Gasteiger charge is 2.07. The van der Waals surface area contributed by atoms with Crippen LogP contribution in [0.2, 0.25) is 0 Å². The van der Waals surface area contributed by atoms with Crippen LogP contribution < -0.4 is 10.2 Å². The van der Waals surface area contributed by atoms with E-state index in [0.717, 1.165) is 5.69 Å². The molecule has 0 saturated carbocycles. The number of phenols is 1. The van der Waals surface area contributed by atoms with Gasteiger partial charge < -0.3 is 9.84 Å². The minimum Gasteiger partial charge on any atom is -0.504 e. The smallest absolute Gasteiger partial charge is 0.272 e. The van der Waals surface area contributed by atoms with Crippen molar-refractivity contribution in [1.82, 2.24) is 10.4 Å². The summed E-state index contributed by atoms with van der Waals surface area (Å²) in [6, 6.07) is 8.47. The van der Waals surface area contributed by atoms with Gasteiger partial charge in [-0.1, -0.05) is 6.07 Å². The number of benzene rings is 1. The summed E-state index contributed by atoms with van der Waals surface area (Å²) < 4.78 is 5.28. The molecular weight excluding hydrogens is 282 g/mol. The van der Waals surface area contributed by atoms with Crippen molar-refractivity contribution in [3.63, 3.8) is 0 Å². The van der Waals surface area contributed by atoms with Gasteiger partial charge in [-0.05, 0) is 38.1 Å². The quantitative estimate of drug-likeness (QED) is 0.655. The van der Waals surface area contributed by atoms with Gasteiger partial charge in [-0.3, -0.25) is 9.78 Å². The SMILES string of the molecule is CCOc1cccc(C=NNC(=O)c2ccc(C)nc2)c1O. The summed E-state index contributed by atoms with van der Waals surface area (Å²) in [5.41, 5.74) is 4.08. The number of hydrogen-bond acceptors (Lipinski definition) is 5. The number of carbonyl (C=O) groups excluding carboxylic acids is 1. The molecule has 0 unspecified atom stereocenters. The van der Waals surface area contributed by atoms with Crippen LogP contribution in [0.4, 0.5) is 0 Å². The zero-order valence-corrected chi connectivity index (χ0v) is 12.4. The Morgan fingerprint density at radius 1 is 1.41 bits per heavy atom. The molecule has 1 aromatic carbocycles. The monoisotopic (exact) mass is 299 g/mol. The van der Waals surface area contributed by atoms with E-state index in [9.17, 15) is 9.90 Å². The van der Waals surface area contributed by atoms with E-state index in [-0.39, 0.29) is 11.7 Å². The van der Waals surface area contributed by atoms with E-state index in [4.69, 9.17) is 4.74 Å². The highest BCUT2D eigenvalue weighted by Crippen LogP contribution is 2.28. The van der Waals surface area contributed by atoms with Gasteiger partial charge in [-0.25, -0.2) is 5.43 Å². The number of carbonyl (C=O) groups is 1. The summed E-state index contributed by atoms with van der Waals surface area (Å²) in [7, 11) is 0. The number of nitrogens with one attached hydrogen (secondary N) is 1. The first kappa shape index (κ1) is 15.5. The molecule has 0 aliphatic rings. The van der Waals surface area contributed by atoms with Crippen LogP contribution in [-0.4, -0.2) is 28.8 Å². The lowest BCUT2D eigenvalue weighted by Crippen LogP contribution is -2.17. The van der Waals surface area contributed by atoms with Gasteiger partial charge in [0.25, 0.3) is 5.91 Å². The van der Waals surface area contributed by atoms with Gasteiger partial charge in [0, 0.05) is 17.5 Å². The number of amides is 1. The summed E-state index contributed by atoms with van der Waals surface area (Å²) in [4.78, 5) is 15.9. The Hall–Kier alpha value is -2.89. The minimum absolute atomic E-state index is 0.0145. The zero-order chi connectivity index (χ0) is 15.9. The molecule has 0 radical (unpaired) electrons. The van der Waals surface area contributed by atoms with Gasteiger partial charge in [0.05, 0.1) is 18.4 Å². The number of rotatable bonds is 5. The molecule has 2 N–H and O–H groups in total. The van der Waals surface area contributed by atoms with E-state index in [0.29, 0.717) is 23.5 Å². The van der Waals surface area contributed by atoms with Crippen molar-refractivity contribution in [2.45, 2.75) is 13.8 Å². The molecule has 1 amide bonds. The van der Waals surface area contributed by atoms with E-state index >= 15 is 0 Å². The minimum atomic E-state index is -0.371. The molecule has 114 valence electrons. The summed E-state index contributed by atoms with van der Waals surface area (Å²) in [6.07, 6.45) is 2.84. The van der Waals surface area contributed by atoms with Crippen LogP contribution in [0, 0.1) is 6.92 Å². The number of para-hydroxylation sites is 1. The van der Waals surface area contributed by atoms with Crippen molar-refractivity contribution in [2.75, 3.05) is 6.61 Å². The first-order valence-corrected chi connectivity index (χ1v) is 6.82. The molecule has 22 heavy (non-hydrogen) atoms. The van der Waals surface area contributed by atoms with Crippen molar-refractivity contribution in [2.24, 2.45) is 5.10 Å². The number of aryl methyl sites for hydroxylation is 1. The molecule has 0 atom stereocenters. The lowest BCUT2D eigenvalue weighted by Gasteiger charge is -2.07. The maximum Gasteiger partial charge on any atom is 0.272 e. The maximum absolute atomic E-state index is 11.8. The van der Waals surface area contributed by atoms with Crippen LogP contribution in [0.25, 0.3) is 0 Å². The average Bonchev–Trinajstić information content (AvgIpc) is 2.51. The van der Waals surface area contributed by atoms with Crippen molar-refractivity contribution < 1.29 is 14.6 Å². The molecule has 0 spiro atoms. The molecule has 2 rings (SSSR count). The Kier molecular flexibility index (Phi) is 5.08. The predicted octanol–water partition coefficient (Wildman–Crippen LogP) is 2.26. The topological polar surface area (TPSA) is 83.8 Å². The van der Waals surface area contributed by atoms with Crippen molar-refractivity contribution >= 4 is 12.1 Å². The third-order valence-corrected chi connectivity index (χ3v) is 2.87. The van der Waals surface area contributed by atoms with Crippen molar-refractivity contribution in [3.8, 4) is 11.5 Å². The van der Waals surface area contributed by atoms with E-state index in [1.807, 2.05) is 13.8 Å². The lowest BCUT2D eigenvalue weighted by molar-refractivity contribution is 0.0954. The molecule has 0 bridgehead atoms. The lowest BCUT2D eigenvalue weighted by atomic mass is 10.2. The second-order valence-corrected chi connectivity index (χ2v) is 4.51. The Bertz CT molecular complexity index is 682. The molecule has 1 aromatic heterocycles. The molecular formula is C16H17N3O3. The Balaban J connectivity index is 2.05. The third kappa shape index (κ3) is 3.82. The normalized spacial score (nSPS) is 10.6. The number of nitrogens with zero attached hydrogens (tertiary/aromatic N) is 2. The number of hydrazone groups is 1. The Morgan fingerprint density at radius 3 is 2.91 bits per heavy atom. The predicted molar refractivity (Wildman–Crippen MR) is 83.3 cm³/mol. The Labute approximate surface area is 128 Å². The van der Waals surface area contributed by atoms with E-state index in [1.54, 1.807) is 30.3 Å². The number of hydrogen-bond donors (Lipinski definition) is 2. The van der Waals surface area contributed by atoms with Crippen LogP contribution in [0.1, 0.15) is 28.5 Å². The average molecular weight is 299 g/mol. The van der Waals surface area contributed by atoms with Crippen LogP contribution in [0.15, 0.2) is 41.6 Å². The second-order valence-electron chi connectivity index (χ2n) is 4.51. The first-order chi connectivity index (χ1) is 10.6. The third-order valence-electron chi connectivity index (χ3n) is 2.87. The van der Waals surface area contributed by atoms with E-state index in [2.05, 4.69) is 15.5 Å². The molecule has 0 aliphatic heterocycles. The number of pyridine rings is 1. The number of ether oxygens (including phenoxy) is 1. The van der Waals surface area contributed by atoms with Gasteiger partial charge in [0.15, 0.2) is 11.5 Å². The highest BCUT2D eigenvalue weighted by atomic mass is 16.5. The number of aromatic hydroxyl groups is 1. The van der Waals surface area contributed by atoms with Crippen LogP contribution in [-0.2, 0) is 0 Å². The maximum atomic E-state index is 11.8. The van der Waals surface area contributed by atoms with Crippen molar-refractivity contribution in [3.05, 3.63) is 53.3 Å². The standard InChI is InChI=1S/C16H17N3O3/c1-3-22-14-6-4-5-12(15(14)20)10-18-19-16(21)13-8-7-11(2)17-9-13/h4-10,20H,3H2,1-2H3,(H,19,21). The fourth-order valence-corrected chi connectivity index (χ4v) is 1.74. The molecule has 0 fully saturated rings. The molecule has 0 saturated heterocycles. The number of aromatic nitrogens is 1. The van der Waals surface area contributed by atoms with Crippen LogP contribution in [0.3, 0.4) is 0 Å². The molecule has 0 aliphatic carbocycles. The fraction of sp³-hybridized carbons (Fsp3) is 0.188. The fourth-order valence-electron chi connectivity index (χ4n) is 1.74. The van der Waals surface area contributed by atoms with Gasteiger partial charge in [-0.15, -0.1) is 0 Å². The second kappa shape index (κ2) is 7.21. The highest BCUT2D eigenvalue weighted by molar-refractivity contribution is 5.94. The molecule has 6 nitrogen and oxygen atoms in total. The van der Waals surface area contributed by atoms with Gasteiger partial charge in [0.2, 0.25) is 0 Å². The zero-order valence-electron chi connectivity index (χ0n) is 12.4. The van der Waals surface area contributed by atoms with Gasteiger partial charge in [-0.2, -0.15) is 5.10 Å². The van der Waals surface area contributed by atoms with E-state index in [1.165, 1.54) is 12.4 Å². The van der Waals surface area contributed by atoms with Gasteiger partial charge >= 0.3 is 0 Å². The molecule has 2 aromatic rings. The molecule has 6 heteroatoms. The summed E-state index contributed by atoms with van der Waals surface area (Å²) in [6.45, 7) is 4.12. The van der Waals surface area contributed by atoms with Crippen LogP contribution in [0.5, 0.6) is 11.5 Å². The summed E-state index contributed by atoms with van der Waals surface area (Å²) in [5.74, 6) is -0.0101. The van der Waals surface area contributed by atoms with Crippen molar-refractivity contribution in [1.29, 1.82) is 0 Å². The summed E-state index contributed by atoms with van der Waals surface area (Å²) in [5, 5.41) is 13.8. The largest absolute Gasteiger partial charge is 0.504 e. The Morgan fingerprint density at radius 2 is 2.23 bits per heavy atom. The van der Waals surface area contributed by atoms with E-state index < -0.39 is 0 Å². The van der Waals surface area contributed by atoms with Crippen LogP contribution >= 0.6 is 0 Å². The van der Waals surface area contributed by atoms with Gasteiger partial charge in [0.1, 0.15) is 0 Å². The number of phenolic OH excluding ortho intramolecular Hbond substituents is 1. The summed E-state index contributed by atoms with van der Waals surface area (Å²) >= 11 is 0.